The van der Waals surface area contributed by atoms with Gasteiger partial charge in [-0.1, -0.05) is 45.1 Å². The lowest BCUT2D eigenvalue weighted by Gasteiger charge is -2.12. The van der Waals surface area contributed by atoms with E-state index in [1.165, 1.54) is 18.7 Å². The standard InChI is InChI=1S/C26H32FN3O3S/c1-3-4-5-6-7-8-13-34(32,33)30-25-12-9-19(14-21(25)17-28-30)23-15-20(16-24(27)18(23)2)26(31)29-22-10-11-22/h9,12,14-17,22H,3-8,10-11,13H2,1-2H3,(H,29,31). The molecule has 1 fully saturated rings. The van der Waals surface area contributed by atoms with Crippen molar-refractivity contribution in [3.63, 3.8) is 0 Å². The number of unbranched alkanes of at least 4 members (excludes halogenated alkanes) is 5. The van der Waals surface area contributed by atoms with Crippen LogP contribution in [0.25, 0.3) is 22.0 Å². The van der Waals surface area contributed by atoms with E-state index in [0.29, 0.717) is 34.0 Å². The fourth-order valence-corrected chi connectivity index (χ4v) is 5.55. The van der Waals surface area contributed by atoms with Crippen molar-refractivity contribution in [2.75, 3.05) is 5.75 Å². The smallest absolute Gasteiger partial charge is 0.254 e. The van der Waals surface area contributed by atoms with Gasteiger partial charge in [-0.3, -0.25) is 4.79 Å². The number of benzene rings is 2. The summed E-state index contributed by atoms with van der Waals surface area (Å²) in [6.07, 6.45) is 9.43. The van der Waals surface area contributed by atoms with Crippen LogP contribution in [0.2, 0.25) is 0 Å². The number of halogens is 1. The normalized spacial score (nSPS) is 14.0. The molecule has 0 saturated heterocycles. The maximum atomic E-state index is 14.7. The van der Waals surface area contributed by atoms with Crippen molar-refractivity contribution in [1.29, 1.82) is 0 Å². The summed E-state index contributed by atoms with van der Waals surface area (Å²) in [5, 5.41) is 7.69. The van der Waals surface area contributed by atoms with Gasteiger partial charge in [-0.15, -0.1) is 0 Å². The Morgan fingerprint density at radius 3 is 2.59 bits per heavy atom. The molecule has 2 aromatic carbocycles. The lowest BCUT2D eigenvalue weighted by Crippen LogP contribution is -2.25. The van der Waals surface area contributed by atoms with E-state index >= 15 is 0 Å². The Balaban J connectivity index is 1.56. The van der Waals surface area contributed by atoms with Gasteiger partial charge in [0.2, 0.25) is 0 Å². The maximum absolute atomic E-state index is 14.7. The molecule has 1 aromatic heterocycles. The fraction of sp³-hybridized carbons (Fsp3) is 0.462. The summed E-state index contributed by atoms with van der Waals surface area (Å²) >= 11 is 0. The molecule has 1 saturated carbocycles. The summed E-state index contributed by atoms with van der Waals surface area (Å²) in [4.78, 5) is 12.5. The van der Waals surface area contributed by atoms with Gasteiger partial charge >= 0.3 is 0 Å². The van der Waals surface area contributed by atoms with Crippen molar-refractivity contribution >= 4 is 26.8 Å². The largest absolute Gasteiger partial charge is 0.349 e. The van der Waals surface area contributed by atoms with Crippen molar-refractivity contribution in [1.82, 2.24) is 14.5 Å². The van der Waals surface area contributed by atoms with Crippen molar-refractivity contribution in [3.05, 3.63) is 53.5 Å². The van der Waals surface area contributed by atoms with E-state index in [1.54, 1.807) is 31.2 Å². The summed E-state index contributed by atoms with van der Waals surface area (Å²) in [5.74, 6) is -0.673. The fourth-order valence-electron chi connectivity index (χ4n) is 4.16. The van der Waals surface area contributed by atoms with Crippen LogP contribution in [0.3, 0.4) is 0 Å². The van der Waals surface area contributed by atoms with Gasteiger partial charge in [0, 0.05) is 17.0 Å². The van der Waals surface area contributed by atoms with Crippen LogP contribution in [0.5, 0.6) is 0 Å². The molecule has 0 aliphatic heterocycles. The third-order valence-electron chi connectivity index (χ3n) is 6.38. The molecule has 6 nitrogen and oxygen atoms in total. The number of aromatic nitrogens is 2. The molecule has 1 aliphatic rings. The zero-order chi connectivity index (χ0) is 24.3. The summed E-state index contributed by atoms with van der Waals surface area (Å²) < 4.78 is 41.5. The lowest BCUT2D eigenvalue weighted by molar-refractivity contribution is 0.0950. The van der Waals surface area contributed by atoms with Crippen LogP contribution >= 0.6 is 0 Å². The first-order valence-electron chi connectivity index (χ1n) is 12.1. The summed E-state index contributed by atoms with van der Waals surface area (Å²) in [6.45, 7) is 3.82. The van der Waals surface area contributed by atoms with Crippen LogP contribution in [-0.4, -0.2) is 35.3 Å². The highest BCUT2D eigenvalue weighted by atomic mass is 32.2. The number of hydrogen-bond donors (Lipinski definition) is 1. The number of nitrogens with one attached hydrogen (secondary N) is 1. The minimum atomic E-state index is -3.56. The Bertz CT molecular complexity index is 1300. The third kappa shape index (κ3) is 5.49. The highest BCUT2D eigenvalue weighted by Gasteiger charge is 2.25. The van der Waals surface area contributed by atoms with Crippen LogP contribution in [0.4, 0.5) is 4.39 Å². The molecular formula is C26H32FN3O3S. The minimum Gasteiger partial charge on any atom is -0.349 e. The second-order valence-corrected chi connectivity index (χ2v) is 11.1. The van der Waals surface area contributed by atoms with E-state index in [4.69, 9.17) is 0 Å². The minimum absolute atomic E-state index is 0.0557. The van der Waals surface area contributed by atoms with E-state index in [1.807, 2.05) is 0 Å². The van der Waals surface area contributed by atoms with Crippen molar-refractivity contribution < 1.29 is 17.6 Å². The van der Waals surface area contributed by atoms with Gasteiger partial charge in [0.1, 0.15) is 5.82 Å². The average molecular weight is 486 g/mol. The van der Waals surface area contributed by atoms with Crippen molar-refractivity contribution in [2.45, 2.75) is 71.3 Å². The predicted molar refractivity (Wildman–Crippen MR) is 133 cm³/mol. The van der Waals surface area contributed by atoms with Crippen LogP contribution in [0, 0.1) is 12.7 Å². The van der Waals surface area contributed by atoms with Gasteiger partial charge in [0.25, 0.3) is 15.9 Å². The Morgan fingerprint density at radius 1 is 1.12 bits per heavy atom. The van der Waals surface area contributed by atoms with E-state index < -0.39 is 15.8 Å². The zero-order valence-corrected chi connectivity index (χ0v) is 20.6. The Labute approximate surface area is 200 Å². The number of carbonyl (C=O) groups excluding carboxylic acids is 1. The van der Waals surface area contributed by atoms with E-state index in [2.05, 4.69) is 17.3 Å². The molecule has 0 bridgehead atoms. The first kappa shape index (κ1) is 24.4. The van der Waals surface area contributed by atoms with Crippen LogP contribution < -0.4 is 5.32 Å². The maximum Gasteiger partial charge on any atom is 0.254 e. The quantitative estimate of drug-likeness (QED) is 0.360. The van der Waals surface area contributed by atoms with Crippen molar-refractivity contribution in [2.24, 2.45) is 0 Å². The van der Waals surface area contributed by atoms with Crippen molar-refractivity contribution in [3.8, 4) is 11.1 Å². The molecule has 0 atom stereocenters. The monoisotopic (exact) mass is 485 g/mol. The number of rotatable bonds is 11. The van der Waals surface area contributed by atoms with E-state index in [0.717, 1.165) is 42.6 Å². The molecule has 1 aliphatic carbocycles. The first-order valence-corrected chi connectivity index (χ1v) is 13.7. The molecule has 4 rings (SSSR count). The van der Waals surface area contributed by atoms with E-state index in [-0.39, 0.29) is 23.3 Å². The van der Waals surface area contributed by atoms with Gasteiger partial charge in [-0.2, -0.15) is 9.19 Å². The Kier molecular flexibility index (Phi) is 7.36. The van der Waals surface area contributed by atoms with Crippen LogP contribution in [0.1, 0.15) is 74.2 Å². The van der Waals surface area contributed by atoms with Crippen LogP contribution in [0.15, 0.2) is 36.5 Å². The molecule has 182 valence electrons. The van der Waals surface area contributed by atoms with Gasteiger partial charge in [0.15, 0.2) is 0 Å². The number of hydrogen-bond acceptors (Lipinski definition) is 4. The van der Waals surface area contributed by atoms with Gasteiger partial charge < -0.3 is 5.32 Å². The number of fused-ring (bicyclic) bond motifs is 1. The SMILES string of the molecule is CCCCCCCCS(=O)(=O)n1ncc2cc(-c3cc(C(=O)NC4CC4)cc(F)c3C)ccc21. The molecular weight excluding hydrogens is 453 g/mol. The summed E-state index contributed by atoms with van der Waals surface area (Å²) in [7, 11) is -3.56. The Morgan fingerprint density at radius 2 is 1.85 bits per heavy atom. The summed E-state index contributed by atoms with van der Waals surface area (Å²) in [5.41, 5.74) is 2.52. The molecule has 0 unspecified atom stereocenters. The second kappa shape index (κ2) is 10.3. The number of nitrogens with zero attached hydrogens (tertiary/aromatic N) is 2. The average Bonchev–Trinajstić information content (AvgIpc) is 3.51. The lowest BCUT2D eigenvalue weighted by atomic mass is 9.96. The van der Waals surface area contributed by atoms with Crippen LogP contribution in [-0.2, 0) is 10.0 Å². The highest BCUT2D eigenvalue weighted by Crippen LogP contribution is 2.30. The van der Waals surface area contributed by atoms with Gasteiger partial charge in [0.05, 0.1) is 17.5 Å². The van der Waals surface area contributed by atoms with Gasteiger partial charge in [-0.05, 0) is 67.1 Å². The first-order chi connectivity index (χ1) is 16.3. The number of amides is 1. The number of carbonyl (C=O) groups is 1. The molecule has 0 radical (unpaired) electrons. The molecule has 34 heavy (non-hydrogen) atoms. The van der Waals surface area contributed by atoms with E-state index in [9.17, 15) is 17.6 Å². The predicted octanol–water partition coefficient (Wildman–Crippen LogP) is 5.58. The molecule has 8 heteroatoms. The third-order valence-corrected chi connectivity index (χ3v) is 8.01. The molecule has 3 aromatic rings. The summed E-state index contributed by atoms with van der Waals surface area (Å²) in [6, 6.07) is 8.39. The Hall–Kier alpha value is -2.74. The molecule has 1 amide bonds. The molecule has 1 heterocycles. The highest BCUT2D eigenvalue weighted by molar-refractivity contribution is 7.89. The van der Waals surface area contributed by atoms with Gasteiger partial charge in [-0.25, -0.2) is 12.8 Å². The molecule has 0 spiro atoms. The zero-order valence-electron chi connectivity index (χ0n) is 19.8. The topological polar surface area (TPSA) is 81.1 Å². The molecule has 1 N–H and O–H groups in total. The second-order valence-electron chi connectivity index (χ2n) is 9.22.